The fourth-order valence-corrected chi connectivity index (χ4v) is 1.81. The number of pyridine rings is 1. The van der Waals surface area contributed by atoms with Crippen LogP contribution >= 0.6 is 15.9 Å². The quantitative estimate of drug-likeness (QED) is 0.873. The highest BCUT2D eigenvalue weighted by molar-refractivity contribution is 9.10. The molecule has 0 radical (unpaired) electrons. The highest BCUT2D eigenvalue weighted by Gasteiger charge is 2.41. The van der Waals surface area contributed by atoms with E-state index in [1.165, 1.54) is 20.1 Å². The average Bonchev–Trinajstić information content (AvgIpc) is 2.25. The summed E-state index contributed by atoms with van der Waals surface area (Å²) in [5.74, 6) is -0.460. The summed E-state index contributed by atoms with van der Waals surface area (Å²) < 4.78 is 42.6. The Labute approximate surface area is 105 Å². The summed E-state index contributed by atoms with van der Waals surface area (Å²) in [6.45, 7) is 1.39. The Morgan fingerprint density at radius 1 is 1.41 bits per heavy atom. The van der Waals surface area contributed by atoms with Gasteiger partial charge in [0.1, 0.15) is 10.6 Å². The Bertz CT molecular complexity index is 398. The van der Waals surface area contributed by atoms with Gasteiger partial charge in [0.2, 0.25) is 0 Å². The first-order valence-electron chi connectivity index (χ1n) is 4.80. The van der Waals surface area contributed by atoms with Gasteiger partial charge in [0.25, 0.3) is 0 Å². The van der Waals surface area contributed by atoms with Gasteiger partial charge >= 0.3 is 6.18 Å². The lowest BCUT2D eigenvalue weighted by molar-refractivity contribution is -0.151. The lowest BCUT2D eigenvalue weighted by Gasteiger charge is -2.22. The van der Waals surface area contributed by atoms with Crippen LogP contribution in [0, 0.1) is 0 Å². The van der Waals surface area contributed by atoms with Crippen LogP contribution in [-0.2, 0) is 0 Å². The van der Waals surface area contributed by atoms with E-state index in [9.17, 15) is 13.2 Å². The van der Waals surface area contributed by atoms with Crippen LogP contribution in [0.15, 0.2) is 16.7 Å². The van der Waals surface area contributed by atoms with E-state index in [4.69, 9.17) is 10.5 Å². The van der Waals surface area contributed by atoms with Gasteiger partial charge in [0.15, 0.2) is 5.75 Å². The number of nitrogens with two attached hydrogens (primary N) is 1. The molecule has 1 aromatic heterocycles. The van der Waals surface area contributed by atoms with Crippen LogP contribution in [-0.4, -0.2) is 24.3 Å². The predicted octanol–water partition coefficient (Wildman–Crippen LogP) is 2.85. The van der Waals surface area contributed by atoms with Gasteiger partial charge in [-0.1, -0.05) is 6.92 Å². The van der Waals surface area contributed by atoms with Crippen molar-refractivity contribution in [1.29, 1.82) is 0 Å². The molecule has 0 saturated heterocycles. The molecule has 1 heterocycles. The highest BCUT2D eigenvalue weighted by Crippen LogP contribution is 2.31. The van der Waals surface area contributed by atoms with Crippen molar-refractivity contribution in [3.63, 3.8) is 0 Å². The normalized spacial score (nSPS) is 15.5. The van der Waals surface area contributed by atoms with Crippen molar-refractivity contribution in [2.24, 2.45) is 5.73 Å². The zero-order valence-electron chi connectivity index (χ0n) is 9.25. The van der Waals surface area contributed by atoms with Gasteiger partial charge in [-0.15, -0.1) is 0 Å². The summed E-state index contributed by atoms with van der Waals surface area (Å²) in [4.78, 5) is 3.99. The van der Waals surface area contributed by atoms with Gasteiger partial charge in [-0.3, -0.25) is 0 Å². The Balaban J connectivity index is 2.97. The number of halogens is 4. The van der Waals surface area contributed by atoms with Crippen LogP contribution < -0.4 is 10.5 Å². The molecule has 1 aromatic rings. The van der Waals surface area contributed by atoms with E-state index < -0.39 is 18.1 Å². The van der Waals surface area contributed by atoms with E-state index in [1.807, 2.05) is 0 Å². The molecule has 0 fully saturated rings. The molecule has 96 valence electrons. The van der Waals surface area contributed by atoms with Crippen LogP contribution in [0.2, 0.25) is 0 Å². The smallest absolute Gasteiger partial charge is 0.404 e. The molecule has 0 amide bonds. The molecule has 2 N–H and O–H groups in total. The molecule has 0 aliphatic carbocycles. The molecular weight excluding hydrogens is 301 g/mol. The fraction of sp³-hybridized carbons (Fsp3) is 0.500. The van der Waals surface area contributed by atoms with Crippen molar-refractivity contribution in [2.45, 2.75) is 25.1 Å². The van der Waals surface area contributed by atoms with Crippen LogP contribution in [0.25, 0.3) is 0 Å². The second kappa shape index (κ2) is 5.22. The molecule has 0 aliphatic heterocycles. The van der Waals surface area contributed by atoms with Crippen LogP contribution in [0.3, 0.4) is 0 Å². The maximum atomic E-state index is 12.4. The minimum atomic E-state index is -4.44. The first kappa shape index (κ1) is 14.2. The number of aromatic nitrogens is 1. The van der Waals surface area contributed by atoms with Crippen LogP contribution in [0.4, 0.5) is 13.2 Å². The molecule has 7 heteroatoms. The monoisotopic (exact) mass is 312 g/mol. The van der Waals surface area contributed by atoms with Crippen LogP contribution in [0.5, 0.6) is 5.75 Å². The third-order valence-electron chi connectivity index (χ3n) is 2.44. The third-order valence-corrected chi connectivity index (χ3v) is 3.01. The van der Waals surface area contributed by atoms with Crippen molar-refractivity contribution >= 4 is 15.9 Å². The van der Waals surface area contributed by atoms with Gasteiger partial charge in [-0.2, -0.15) is 13.2 Å². The van der Waals surface area contributed by atoms with Crippen molar-refractivity contribution < 1.29 is 17.9 Å². The molecule has 0 bridgehead atoms. The summed E-state index contributed by atoms with van der Waals surface area (Å²) in [6.07, 6.45) is -4.44. The molecule has 0 spiro atoms. The number of hydrogen-bond donors (Lipinski definition) is 1. The number of hydrogen-bond acceptors (Lipinski definition) is 3. The van der Waals surface area contributed by atoms with Crippen molar-refractivity contribution in [3.05, 3.63) is 22.4 Å². The summed E-state index contributed by atoms with van der Waals surface area (Å²) in [7, 11) is 1.45. The molecule has 2 atom stereocenters. The standard InChI is InChI=1S/C10H12BrF3N2O/c1-5(8(15)10(12,13)14)6-3-4-7(17-2)9(11)16-6/h3-5,8H,15H2,1-2H3. The molecule has 17 heavy (non-hydrogen) atoms. The van der Waals surface area contributed by atoms with Gasteiger partial charge in [-0.05, 0) is 28.1 Å². The predicted molar refractivity (Wildman–Crippen MR) is 60.9 cm³/mol. The molecule has 2 unspecified atom stereocenters. The molecule has 0 aliphatic rings. The number of ether oxygens (including phenoxy) is 1. The highest BCUT2D eigenvalue weighted by atomic mass is 79.9. The maximum Gasteiger partial charge on any atom is 0.404 e. The van der Waals surface area contributed by atoms with E-state index in [0.29, 0.717) is 10.4 Å². The number of nitrogens with zero attached hydrogens (tertiary/aromatic N) is 1. The zero-order valence-corrected chi connectivity index (χ0v) is 10.8. The largest absolute Gasteiger partial charge is 0.494 e. The second-order valence-corrected chi connectivity index (χ2v) is 4.34. The number of rotatable bonds is 3. The van der Waals surface area contributed by atoms with E-state index in [0.717, 1.165) is 0 Å². The Morgan fingerprint density at radius 2 is 2.00 bits per heavy atom. The maximum absolute atomic E-state index is 12.4. The zero-order chi connectivity index (χ0) is 13.2. The number of alkyl halides is 3. The minimum Gasteiger partial charge on any atom is -0.494 e. The van der Waals surface area contributed by atoms with Crippen LogP contribution in [0.1, 0.15) is 18.5 Å². The summed E-state index contributed by atoms with van der Waals surface area (Å²) >= 11 is 3.12. The topological polar surface area (TPSA) is 48.1 Å². The Hall–Kier alpha value is -0.820. The molecule has 0 aromatic carbocycles. The first-order valence-corrected chi connectivity index (χ1v) is 5.59. The second-order valence-electron chi connectivity index (χ2n) is 3.59. The lowest BCUT2D eigenvalue weighted by Crippen LogP contribution is -2.41. The number of methoxy groups -OCH3 is 1. The van der Waals surface area contributed by atoms with E-state index in [-0.39, 0.29) is 5.69 Å². The Kier molecular flexibility index (Phi) is 4.37. The first-order chi connectivity index (χ1) is 7.77. The SMILES string of the molecule is COc1ccc(C(C)C(N)C(F)(F)F)nc1Br. The molecular formula is C10H12BrF3N2O. The summed E-state index contributed by atoms with van der Waals surface area (Å²) in [5.41, 5.74) is 5.40. The Morgan fingerprint density at radius 3 is 2.41 bits per heavy atom. The summed E-state index contributed by atoms with van der Waals surface area (Å²) in [6, 6.07) is 1.08. The molecule has 0 saturated carbocycles. The molecule has 3 nitrogen and oxygen atoms in total. The van der Waals surface area contributed by atoms with Gasteiger partial charge in [-0.25, -0.2) is 4.98 Å². The lowest BCUT2D eigenvalue weighted by atomic mass is 9.98. The van der Waals surface area contributed by atoms with Gasteiger partial charge in [0.05, 0.1) is 7.11 Å². The third kappa shape index (κ3) is 3.32. The van der Waals surface area contributed by atoms with Gasteiger partial charge in [0, 0.05) is 11.6 Å². The van der Waals surface area contributed by atoms with Crippen molar-refractivity contribution in [1.82, 2.24) is 4.98 Å². The van der Waals surface area contributed by atoms with E-state index in [1.54, 1.807) is 6.07 Å². The van der Waals surface area contributed by atoms with Crippen molar-refractivity contribution in [2.75, 3.05) is 7.11 Å². The van der Waals surface area contributed by atoms with E-state index in [2.05, 4.69) is 20.9 Å². The van der Waals surface area contributed by atoms with Crippen molar-refractivity contribution in [3.8, 4) is 5.75 Å². The average molecular weight is 313 g/mol. The molecule has 1 rings (SSSR count). The van der Waals surface area contributed by atoms with E-state index >= 15 is 0 Å². The fourth-order valence-electron chi connectivity index (χ4n) is 1.31. The summed E-state index contributed by atoms with van der Waals surface area (Å²) in [5, 5.41) is 0. The minimum absolute atomic E-state index is 0.266. The van der Waals surface area contributed by atoms with Gasteiger partial charge < -0.3 is 10.5 Å².